The number of rotatable bonds is 3. The van der Waals surface area contributed by atoms with Gasteiger partial charge in [-0.1, -0.05) is 24.3 Å². The lowest BCUT2D eigenvalue weighted by Crippen LogP contribution is -2.36. The van der Waals surface area contributed by atoms with E-state index < -0.39 is 0 Å². The van der Waals surface area contributed by atoms with Crippen molar-refractivity contribution in [2.45, 2.75) is 19.4 Å². The van der Waals surface area contributed by atoms with E-state index in [0.29, 0.717) is 11.5 Å². The first-order valence-corrected chi connectivity index (χ1v) is 8.39. The topological polar surface area (TPSA) is 58.1 Å². The summed E-state index contributed by atoms with van der Waals surface area (Å²) in [5, 5.41) is 11.1. The number of para-hydroxylation sites is 1. The number of nitrogens with one attached hydrogen (secondary N) is 1. The Hall–Kier alpha value is -3.28. The monoisotopic (exact) mass is 348 g/mol. The van der Waals surface area contributed by atoms with E-state index >= 15 is 0 Å². The van der Waals surface area contributed by atoms with Crippen LogP contribution < -0.4 is 10.2 Å². The van der Waals surface area contributed by atoms with E-state index in [-0.39, 0.29) is 23.5 Å². The van der Waals surface area contributed by atoms with Crippen molar-refractivity contribution >= 4 is 23.1 Å². The number of hydrogen-bond acceptors (Lipinski definition) is 4. The van der Waals surface area contributed by atoms with Crippen LogP contribution in [-0.4, -0.2) is 22.1 Å². The van der Waals surface area contributed by atoms with Crippen molar-refractivity contribution in [1.29, 1.82) is 0 Å². The average molecular weight is 348 g/mol. The Bertz CT molecular complexity index is 958. The highest BCUT2D eigenvalue weighted by atomic mass is 19.1. The van der Waals surface area contributed by atoms with E-state index in [1.165, 1.54) is 12.1 Å². The highest BCUT2D eigenvalue weighted by Gasteiger charge is 2.31. The van der Waals surface area contributed by atoms with Crippen LogP contribution in [0, 0.1) is 5.82 Å². The van der Waals surface area contributed by atoms with Crippen LogP contribution in [0.25, 0.3) is 0 Å². The summed E-state index contributed by atoms with van der Waals surface area (Å²) in [7, 11) is 0. The van der Waals surface area contributed by atoms with E-state index in [9.17, 15) is 9.18 Å². The number of hydrogen-bond donors (Lipinski definition) is 1. The van der Waals surface area contributed by atoms with Gasteiger partial charge in [0.1, 0.15) is 5.82 Å². The van der Waals surface area contributed by atoms with Gasteiger partial charge in [0.05, 0.1) is 0 Å². The molecular formula is C20H17FN4O. The summed E-state index contributed by atoms with van der Waals surface area (Å²) in [5.41, 5.74) is 2.93. The van der Waals surface area contributed by atoms with E-state index in [0.717, 1.165) is 17.7 Å². The SMILES string of the molecule is CC1Cc2ccccc2N1C(=O)c1ccc(Nc2cccc(F)c2)nn1. The van der Waals surface area contributed by atoms with Gasteiger partial charge in [-0.2, -0.15) is 0 Å². The van der Waals surface area contributed by atoms with Crippen LogP contribution in [0.15, 0.2) is 60.7 Å². The normalized spacial score (nSPS) is 15.6. The summed E-state index contributed by atoms with van der Waals surface area (Å²) in [4.78, 5) is 14.7. The Labute approximate surface area is 150 Å². The Morgan fingerprint density at radius 1 is 1.12 bits per heavy atom. The summed E-state index contributed by atoms with van der Waals surface area (Å²) in [6.45, 7) is 2.02. The third kappa shape index (κ3) is 3.01. The average Bonchev–Trinajstić information content (AvgIpc) is 2.97. The Morgan fingerprint density at radius 2 is 1.96 bits per heavy atom. The maximum Gasteiger partial charge on any atom is 0.279 e. The summed E-state index contributed by atoms with van der Waals surface area (Å²) >= 11 is 0. The number of carbonyl (C=O) groups is 1. The minimum absolute atomic E-state index is 0.0757. The van der Waals surface area contributed by atoms with Gasteiger partial charge < -0.3 is 10.2 Å². The molecule has 130 valence electrons. The molecule has 1 aliphatic rings. The predicted molar refractivity (Wildman–Crippen MR) is 98.1 cm³/mol. The van der Waals surface area contributed by atoms with Gasteiger partial charge in [0.2, 0.25) is 0 Å². The molecule has 1 aromatic heterocycles. The first-order chi connectivity index (χ1) is 12.6. The van der Waals surface area contributed by atoms with E-state index in [2.05, 4.69) is 15.5 Å². The van der Waals surface area contributed by atoms with Crippen LogP contribution in [0.5, 0.6) is 0 Å². The molecule has 1 atom stereocenters. The number of anilines is 3. The van der Waals surface area contributed by atoms with Crippen LogP contribution in [0.3, 0.4) is 0 Å². The molecule has 1 aliphatic heterocycles. The van der Waals surface area contributed by atoms with Crippen LogP contribution >= 0.6 is 0 Å². The maximum atomic E-state index is 13.2. The van der Waals surface area contributed by atoms with Crippen LogP contribution in [0.2, 0.25) is 0 Å². The van der Waals surface area contributed by atoms with Gasteiger partial charge in [0.15, 0.2) is 11.5 Å². The van der Waals surface area contributed by atoms with E-state index in [1.807, 2.05) is 31.2 Å². The Morgan fingerprint density at radius 3 is 2.73 bits per heavy atom. The smallest absolute Gasteiger partial charge is 0.279 e. The molecule has 0 fully saturated rings. The van der Waals surface area contributed by atoms with Gasteiger partial charge in [-0.25, -0.2) is 4.39 Å². The minimum atomic E-state index is -0.337. The zero-order valence-corrected chi connectivity index (χ0v) is 14.2. The van der Waals surface area contributed by atoms with Crippen LogP contribution in [0.4, 0.5) is 21.6 Å². The van der Waals surface area contributed by atoms with Crippen molar-refractivity contribution in [3.05, 3.63) is 77.7 Å². The van der Waals surface area contributed by atoms with E-state index in [4.69, 9.17) is 0 Å². The molecule has 0 radical (unpaired) electrons. The Balaban J connectivity index is 1.54. The molecule has 2 aromatic carbocycles. The molecule has 4 rings (SSSR count). The van der Waals surface area contributed by atoms with Gasteiger partial charge in [0.25, 0.3) is 5.91 Å². The highest BCUT2D eigenvalue weighted by Crippen LogP contribution is 2.32. The molecular weight excluding hydrogens is 331 g/mol. The number of nitrogens with zero attached hydrogens (tertiary/aromatic N) is 3. The highest BCUT2D eigenvalue weighted by molar-refractivity contribution is 6.06. The van der Waals surface area contributed by atoms with Crippen molar-refractivity contribution in [3.63, 3.8) is 0 Å². The zero-order chi connectivity index (χ0) is 18.1. The molecule has 0 spiro atoms. The van der Waals surface area contributed by atoms with Crippen molar-refractivity contribution in [3.8, 4) is 0 Å². The molecule has 0 bridgehead atoms. The maximum absolute atomic E-state index is 13.2. The van der Waals surface area contributed by atoms with Gasteiger partial charge in [0, 0.05) is 17.4 Å². The van der Waals surface area contributed by atoms with Crippen LogP contribution in [-0.2, 0) is 6.42 Å². The van der Waals surface area contributed by atoms with E-state index in [1.54, 1.807) is 29.2 Å². The van der Waals surface area contributed by atoms with Crippen molar-refractivity contribution < 1.29 is 9.18 Å². The van der Waals surface area contributed by atoms with Gasteiger partial charge in [-0.3, -0.25) is 4.79 Å². The first-order valence-electron chi connectivity index (χ1n) is 8.39. The zero-order valence-electron chi connectivity index (χ0n) is 14.2. The summed E-state index contributed by atoms with van der Waals surface area (Å²) < 4.78 is 13.2. The van der Waals surface area contributed by atoms with Gasteiger partial charge in [-0.05, 0) is 55.3 Å². The lowest BCUT2D eigenvalue weighted by atomic mass is 10.1. The molecule has 1 N–H and O–H groups in total. The van der Waals surface area contributed by atoms with Crippen LogP contribution in [0.1, 0.15) is 23.0 Å². The molecule has 3 aromatic rings. The molecule has 5 nitrogen and oxygen atoms in total. The van der Waals surface area contributed by atoms with Crippen molar-refractivity contribution in [2.75, 3.05) is 10.2 Å². The summed E-state index contributed by atoms with van der Waals surface area (Å²) in [6, 6.07) is 17.3. The lowest BCUT2D eigenvalue weighted by molar-refractivity contribution is 0.0975. The summed E-state index contributed by atoms with van der Waals surface area (Å²) in [5.74, 6) is -0.0641. The summed E-state index contributed by atoms with van der Waals surface area (Å²) in [6.07, 6.45) is 0.828. The van der Waals surface area contributed by atoms with Crippen molar-refractivity contribution in [2.24, 2.45) is 0 Å². The predicted octanol–water partition coefficient (Wildman–Crippen LogP) is 3.95. The standard InChI is InChI=1S/C20H17FN4O/c1-13-11-14-5-2-3-8-18(14)25(13)20(26)17-9-10-19(24-23-17)22-16-7-4-6-15(21)12-16/h2-10,12-13H,11H2,1H3,(H,22,24). The Kier molecular flexibility index (Phi) is 4.08. The molecule has 2 heterocycles. The minimum Gasteiger partial charge on any atom is -0.339 e. The number of carbonyl (C=O) groups excluding carboxylic acids is 1. The second-order valence-electron chi connectivity index (χ2n) is 6.30. The number of benzene rings is 2. The molecule has 26 heavy (non-hydrogen) atoms. The third-order valence-electron chi connectivity index (χ3n) is 4.41. The molecule has 1 unspecified atom stereocenters. The molecule has 0 saturated carbocycles. The van der Waals surface area contributed by atoms with Gasteiger partial charge >= 0.3 is 0 Å². The second-order valence-corrected chi connectivity index (χ2v) is 6.30. The largest absolute Gasteiger partial charge is 0.339 e. The molecule has 1 amide bonds. The fourth-order valence-electron chi connectivity index (χ4n) is 3.23. The molecule has 0 saturated heterocycles. The molecule has 0 aliphatic carbocycles. The fourth-order valence-corrected chi connectivity index (χ4v) is 3.23. The first kappa shape index (κ1) is 16.2. The third-order valence-corrected chi connectivity index (χ3v) is 4.41. The molecule has 6 heteroatoms. The number of amides is 1. The number of aromatic nitrogens is 2. The number of halogens is 1. The lowest BCUT2D eigenvalue weighted by Gasteiger charge is -2.22. The van der Waals surface area contributed by atoms with Crippen molar-refractivity contribution in [1.82, 2.24) is 10.2 Å². The fraction of sp³-hybridized carbons (Fsp3) is 0.150. The quantitative estimate of drug-likeness (QED) is 0.779. The van der Waals surface area contributed by atoms with Gasteiger partial charge in [-0.15, -0.1) is 10.2 Å². The second kappa shape index (κ2) is 6.55. The number of fused-ring (bicyclic) bond motifs is 1.